The molecule has 0 aliphatic rings. The summed E-state index contributed by atoms with van der Waals surface area (Å²) in [7, 11) is 0. The summed E-state index contributed by atoms with van der Waals surface area (Å²) in [6.45, 7) is 0.900. The molecule has 0 bridgehead atoms. The molecule has 112 valence electrons. The van der Waals surface area contributed by atoms with Gasteiger partial charge in [0.25, 0.3) is 0 Å². The van der Waals surface area contributed by atoms with Crippen LogP contribution in [-0.4, -0.2) is 24.3 Å². The fourth-order valence-corrected chi connectivity index (χ4v) is 2.29. The topological polar surface area (TPSA) is 61.4 Å². The number of anilines is 1. The summed E-state index contributed by atoms with van der Waals surface area (Å²) < 4.78 is 0. The Bertz CT molecular complexity index is 579. The maximum Gasteiger partial charge on any atom is 0.319 e. The van der Waals surface area contributed by atoms with E-state index in [-0.39, 0.29) is 12.6 Å². The number of aliphatic hydroxyl groups excluding tert-OH is 1. The summed E-state index contributed by atoms with van der Waals surface area (Å²) >= 11 is 0. The highest BCUT2D eigenvalue weighted by Gasteiger charge is 2.04. The number of carbonyl (C=O) groups is 1. The number of hydrogen-bond donors (Lipinski definition) is 3. The van der Waals surface area contributed by atoms with E-state index in [1.165, 1.54) is 0 Å². The van der Waals surface area contributed by atoms with Gasteiger partial charge in [0.1, 0.15) is 0 Å². The molecule has 0 unspecified atom stereocenters. The molecule has 4 heteroatoms. The van der Waals surface area contributed by atoms with Crippen LogP contribution in [0.2, 0.25) is 0 Å². The zero-order chi connectivity index (χ0) is 14.9. The number of aliphatic hydroxyl groups is 1. The van der Waals surface area contributed by atoms with Gasteiger partial charge in [-0.1, -0.05) is 49.2 Å². The van der Waals surface area contributed by atoms with Crippen molar-refractivity contribution < 1.29 is 9.90 Å². The van der Waals surface area contributed by atoms with E-state index in [1.54, 1.807) is 0 Å². The van der Waals surface area contributed by atoms with Crippen molar-refractivity contribution in [1.29, 1.82) is 0 Å². The second-order valence-corrected chi connectivity index (χ2v) is 5.05. The van der Waals surface area contributed by atoms with Crippen LogP contribution in [0, 0.1) is 0 Å². The van der Waals surface area contributed by atoms with Crippen LogP contribution < -0.4 is 10.6 Å². The third kappa shape index (κ3) is 4.76. The number of hydrogen-bond acceptors (Lipinski definition) is 2. The Balaban J connectivity index is 1.82. The number of urea groups is 1. The van der Waals surface area contributed by atoms with Gasteiger partial charge in [0, 0.05) is 18.5 Å². The Kier molecular flexibility index (Phi) is 6.03. The van der Waals surface area contributed by atoms with Crippen LogP contribution in [0.5, 0.6) is 0 Å². The van der Waals surface area contributed by atoms with Crippen LogP contribution in [0.25, 0.3) is 10.8 Å². The number of nitrogens with one attached hydrogen (secondary N) is 2. The third-order valence-corrected chi connectivity index (χ3v) is 3.41. The molecule has 21 heavy (non-hydrogen) atoms. The first-order valence-electron chi connectivity index (χ1n) is 7.45. The highest BCUT2D eigenvalue weighted by Crippen LogP contribution is 2.22. The lowest BCUT2D eigenvalue weighted by atomic mass is 10.1. The normalized spacial score (nSPS) is 10.5. The first-order valence-corrected chi connectivity index (χ1v) is 7.45. The van der Waals surface area contributed by atoms with E-state index in [9.17, 15) is 4.79 Å². The van der Waals surface area contributed by atoms with Crippen LogP contribution in [0.15, 0.2) is 42.5 Å². The molecule has 0 aliphatic heterocycles. The summed E-state index contributed by atoms with van der Waals surface area (Å²) in [6, 6.07) is 13.7. The van der Waals surface area contributed by atoms with E-state index >= 15 is 0 Å². The minimum atomic E-state index is -0.173. The molecule has 0 saturated heterocycles. The van der Waals surface area contributed by atoms with Crippen molar-refractivity contribution in [3.63, 3.8) is 0 Å². The maximum atomic E-state index is 11.9. The van der Waals surface area contributed by atoms with E-state index in [4.69, 9.17) is 5.11 Å². The summed E-state index contributed by atoms with van der Waals surface area (Å²) in [5, 5.41) is 16.6. The summed E-state index contributed by atoms with van der Waals surface area (Å²) in [5.74, 6) is 0. The molecule has 0 aliphatic carbocycles. The van der Waals surface area contributed by atoms with Gasteiger partial charge in [-0.2, -0.15) is 0 Å². The SMILES string of the molecule is O=C(NCCCCCCO)Nc1cccc2ccccc12. The number of fused-ring (bicyclic) bond motifs is 1. The molecule has 2 amide bonds. The van der Waals surface area contributed by atoms with Gasteiger partial charge in [-0.15, -0.1) is 0 Å². The fourth-order valence-electron chi connectivity index (χ4n) is 2.29. The van der Waals surface area contributed by atoms with Crippen molar-refractivity contribution in [2.75, 3.05) is 18.5 Å². The lowest BCUT2D eigenvalue weighted by Crippen LogP contribution is -2.29. The van der Waals surface area contributed by atoms with E-state index in [0.717, 1.165) is 42.1 Å². The summed E-state index contributed by atoms with van der Waals surface area (Å²) in [6.07, 6.45) is 3.80. The van der Waals surface area contributed by atoms with Gasteiger partial charge in [-0.05, 0) is 24.3 Å². The number of amides is 2. The first kappa shape index (κ1) is 15.3. The number of rotatable bonds is 7. The van der Waals surface area contributed by atoms with Crippen molar-refractivity contribution in [3.05, 3.63) is 42.5 Å². The Morgan fingerprint density at radius 2 is 1.71 bits per heavy atom. The van der Waals surface area contributed by atoms with Crippen molar-refractivity contribution >= 4 is 22.5 Å². The Morgan fingerprint density at radius 3 is 2.57 bits per heavy atom. The van der Waals surface area contributed by atoms with Crippen molar-refractivity contribution in [2.24, 2.45) is 0 Å². The van der Waals surface area contributed by atoms with Crippen LogP contribution in [0.3, 0.4) is 0 Å². The molecule has 0 saturated carbocycles. The number of benzene rings is 2. The molecular weight excluding hydrogens is 264 g/mol. The second kappa shape index (κ2) is 8.27. The summed E-state index contributed by atoms with van der Waals surface area (Å²) in [4.78, 5) is 11.9. The fraction of sp³-hybridized carbons (Fsp3) is 0.353. The minimum absolute atomic E-state index is 0.173. The van der Waals surface area contributed by atoms with Crippen LogP contribution >= 0.6 is 0 Å². The molecule has 0 spiro atoms. The molecule has 0 fully saturated rings. The van der Waals surface area contributed by atoms with E-state index < -0.39 is 0 Å². The van der Waals surface area contributed by atoms with Gasteiger partial charge in [0.2, 0.25) is 0 Å². The second-order valence-electron chi connectivity index (χ2n) is 5.05. The van der Waals surface area contributed by atoms with E-state index in [1.807, 2.05) is 42.5 Å². The van der Waals surface area contributed by atoms with E-state index in [2.05, 4.69) is 10.6 Å². The van der Waals surface area contributed by atoms with Crippen LogP contribution in [-0.2, 0) is 0 Å². The first-order chi connectivity index (χ1) is 10.3. The molecule has 3 N–H and O–H groups in total. The Labute approximate surface area is 125 Å². The van der Waals surface area contributed by atoms with Gasteiger partial charge >= 0.3 is 6.03 Å². The van der Waals surface area contributed by atoms with Crippen molar-refractivity contribution in [3.8, 4) is 0 Å². The van der Waals surface area contributed by atoms with Crippen molar-refractivity contribution in [1.82, 2.24) is 5.32 Å². The standard InChI is InChI=1S/C17H22N2O2/c20-13-6-2-1-5-12-18-17(21)19-16-11-7-9-14-8-3-4-10-15(14)16/h3-4,7-11,20H,1-2,5-6,12-13H2,(H2,18,19,21). The zero-order valence-corrected chi connectivity index (χ0v) is 12.1. The molecule has 0 aromatic heterocycles. The minimum Gasteiger partial charge on any atom is -0.396 e. The highest BCUT2D eigenvalue weighted by atomic mass is 16.2. The van der Waals surface area contributed by atoms with Gasteiger partial charge < -0.3 is 15.7 Å². The largest absolute Gasteiger partial charge is 0.396 e. The molecule has 2 aromatic rings. The average molecular weight is 286 g/mol. The zero-order valence-electron chi connectivity index (χ0n) is 12.1. The predicted octanol–water partition coefficient (Wildman–Crippen LogP) is 3.51. The monoisotopic (exact) mass is 286 g/mol. The lowest BCUT2D eigenvalue weighted by Gasteiger charge is -2.10. The lowest BCUT2D eigenvalue weighted by molar-refractivity contribution is 0.251. The quantitative estimate of drug-likeness (QED) is 0.682. The predicted molar refractivity (Wildman–Crippen MR) is 86.5 cm³/mol. The highest BCUT2D eigenvalue weighted by molar-refractivity contribution is 6.01. The molecule has 2 aromatic carbocycles. The number of carbonyl (C=O) groups excluding carboxylic acids is 1. The average Bonchev–Trinajstić information content (AvgIpc) is 2.51. The molecular formula is C17H22N2O2. The molecule has 0 atom stereocenters. The van der Waals surface area contributed by atoms with Crippen LogP contribution in [0.4, 0.5) is 10.5 Å². The van der Waals surface area contributed by atoms with Gasteiger partial charge in [-0.25, -0.2) is 4.79 Å². The van der Waals surface area contributed by atoms with Gasteiger partial charge in [0.05, 0.1) is 5.69 Å². The van der Waals surface area contributed by atoms with Gasteiger partial charge in [-0.3, -0.25) is 0 Å². The van der Waals surface area contributed by atoms with Crippen LogP contribution in [0.1, 0.15) is 25.7 Å². The molecule has 0 radical (unpaired) electrons. The Hall–Kier alpha value is -2.07. The number of unbranched alkanes of at least 4 members (excludes halogenated alkanes) is 3. The Morgan fingerprint density at radius 1 is 0.952 bits per heavy atom. The molecule has 4 nitrogen and oxygen atoms in total. The third-order valence-electron chi connectivity index (χ3n) is 3.41. The van der Waals surface area contributed by atoms with E-state index in [0.29, 0.717) is 6.54 Å². The maximum absolute atomic E-state index is 11.9. The molecule has 0 heterocycles. The van der Waals surface area contributed by atoms with Gasteiger partial charge in [0.15, 0.2) is 0 Å². The van der Waals surface area contributed by atoms with Crippen molar-refractivity contribution in [2.45, 2.75) is 25.7 Å². The summed E-state index contributed by atoms with van der Waals surface area (Å²) in [5.41, 5.74) is 0.825. The molecule has 2 rings (SSSR count). The smallest absolute Gasteiger partial charge is 0.319 e.